The van der Waals surface area contributed by atoms with Crippen LogP contribution >= 0.6 is 0 Å². The van der Waals surface area contributed by atoms with Crippen molar-refractivity contribution in [3.8, 4) is 12.3 Å². The molecule has 0 fully saturated rings. The summed E-state index contributed by atoms with van der Waals surface area (Å²) in [5.41, 5.74) is 4.04. The van der Waals surface area contributed by atoms with Crippen LogP contribution in [0.25, 0.3) is 0 Å². The summed E-state index contributed by atoms with van der Waals surface area (Å²) in [6.45, 7) is 2.30. The van der Waals surface area contributed by atoms with Crippen molar-refractivity contribution in [2.75, 3.05) is 4.90 Å². The average Bonchev–Trinajstić information content (AvgIpc) is 2.67. The lowest BCUT2D eigenvalue weighted by Crippen LogP contribution is -2.31. The van der Waals surface area contributed by atoms with E-state index in [4.69, 9.17) is 6.42 Å². The molecule has 0 aliphatic heterocycles. The lowest BCUT2D eigenvalue weighted by molar-refractivity contribution is 0.0984. The summed E-state index contributed by atoms with van der Waals surface area (Å²) in [6.07, 6.45) is 8.95. The lowest BCUT2D eigenvalue weighted by atomic mass is 10.1. The summed E-state index contributed by atoms with van der Waals surface area (Å²) < 4.78 is 0. The van der Waals surface area contributed by atoms with Gasteiger partial charge in [-0.1, -0.05) is 42.3 Å². The van der Waals surface area contributed by atoms with E-state index in [0.29, 0.717) is 12.1 Å². The highest BCUT2D eigenvalue weighted by atomic mass is 16.2. The van der Waals surface area contributed by atoms with Gasteiger partial charge < -0.3 is 4.90 Å². The number of benzene rings is 2. The molecule has 3 aromatic rings. The van der Waals surface area contributed by atoms with E-state index in [2.05, 4.69) is 10.9 Å². The van der Waals surface area contributed by atoms with Crippen LogP contribution in [-0.4, -0.2) is 10.9 Å². The first-order valence-corrected chi connectivity index (χ1v) is 8.02. The molecule has 122 valence electrons. The van der Waals surface area contributed by atoms with Gasteiger partial charge in [-0.2, -0.15) is 0 Å². The Morgan fingerprint density at radius 3 is 2.52 bits per heavy atom. The molecule has 0 aliphatic carbocycles. The number of hydrogen-bond donors (Lipinski definition) is 0. The number of aryl methyl sites for hydroxylation is 1. The minimum absolute atomic E-state index is 0.0714. The van der Waals surface area contributed by atoms with Crippen molar-refractivity contribution in [3.63, 3.8) is 0 Å². The van der Waals surface area contributed by atoms with E-state index in [-0.39, 0.29) is 5.91 Å². The van der Waals surface area contributed by atoms with Crippen molar-refractivity contribution in [2.24, 2.45) is 0 Å². The zero-order chi connectivity index (χ0) is 17.6. The number of rotatable bonds is 4. The molecule has 3 nitrogen and oxygen atoms in total. The molecule has 0 saturated heterocycles. The van der Waals surface area contributed by atoms with Gasteiger partial charge in [-0.25, -0.2) is 0 Å². The van der Waals surface area contributed by atoms with E-state index in [0.717, 1.165) is 22.4 Å². The third-order valence-corrected chi connectivity index (χ3v) is 4.07. The first kappa shape index (κ1) is 16.5. The fourth-order valence-electron chi connectivity index (χ4n) is 2.72. The summed E-state index contributed by atoms with van der Waals surface area (Å²) >= 11 is 0. The zero-order valence-corrected chi connectivity index (χ0v) is 14.0. The molecule has 0 atom stereocenters. The normalized spacial score (nSPS) is 10.1. The van der Waals surface area contributed by atoms with Crippen molar-refractivity contribution >= 4 is 11.6 Å². The van der Waals surface area contributed by atoms with Gasteiger partial charge in [-0.3, -0.25) is 9.78 Å². The van der Waals surface area contributed by atoms with E-state index in [1.165, 1.54) is 0 Å². The van der Waals surface area contributed by atoms with Crippen LogP contribution in [0.4, 0.5) is 5.69 Å². The summed E-state index contributed by atoms with van der Waals surface area (Å²) in [5.74, 6) is 2.62. The number of nitrogens with zero attached hydrogens (tertiary/aromatic N) is 2. The van der Waals surface area contributed by atoms with Gasteiger partial charge in [0.1, 0.15) is 0 Å². The number of amides is 1. The van der Waals surface area contributed by atoms with Crippen LogP contribution in [0.5, 0.6) is 0 Å². The Morgan fingerprint density at radius 2 is 1.80 bits per heavy atom. The van der Waals surface area contributed by atoms with Crippen LogP contribution in [0.2, 0.25) is 0 Å². The van der Waals surface area contributed by atoms with Crippen molar-refractivity contribution in [1.82, 2.24) is 4.98 Å². The molecule has 0 radical (unpaired) electrons. The van der Waals surface area contributed by atoms with Crippen molar-refractivity contribution < 1.29 is 4.79 Å². The van der Waals surface area contributed by atoms with Crippen molar-refractivity contribution in [3.05, 3.63) is 95.3 Å². The average molecular weight is 326 g/mol. The van der Waals surface area contributed by atoms with Gasteiger partial charge >= 0.3 is 0 Å². The molecule has 0 bridgehead atoms. The molecule has 0 aliphatic rings. The fourth-order valence-corrected chi connectivity index (χ4v) is 2.72. The Labute approximate surface area is 148 Å². The molecule has 1 amide bonds. The van der Waals surface area contributed by atoms with E-state index in [9.17, 15) is 4.79 Å². The molecule has 0 spiro atoms. The van der Waals surface area contributed by atoms with Gasteiger partial charge in [0.25, 0.3) is 5.91 Å². The Hall–Kier alpha value is -3.38. The molecule has 0 unspecified atom stereocenters. The Kier molecular flexibility index (Phi) is 4.92. The zero-order valence-electron chi connectivity index (χ0n) is 14.0. The molecule has 3 heteroatoms. The van der Waals surface area contributed by atoms with E-state index in [1.54, 1.807) is 23.4 Å². The molecule has 0 saturated carbocycles. The predicted molar refractivity (Wildman–Crippen MR) is 100 cm³/mol. The minimum Gasteiger partial charge on any atom is -0.304 e. The van der Waals surface area contributed by atoms with Gasteiger partial charge in [0.15, 0.2) is 0 Å². The SMILES string of the molecule is C#Cc1ccccc1CN(C(=O)c1ccncc1C)c1ccccc1. The highest BCUT2D eigenvalue weighted by Crippen LogP contribution is 2.22. The molecule has 25 heavy (non-hydrogen) atoms. The number of carbonyl (C=O) groups is 1. The van der Waals surface area contributed by atoms with Crippen LogP contribution in [-0.2, 0) is 6.54 Å². The van der Waals surface area contributed by atoms with Crippen LogP contribution in [0.15, 0.2) is 73.1 Å². The number of anilines is 1. The monoisotopic (exact) mass is 326 g/mol. The van der Waals surface area contributed by atoms with E-state index in [1.807, 2.05) is 61.5 Å². The van der Waals surface area contributed by atoms with Gasteiger partial charge in [-0.15, -0.1) is 6.42 Å². The third-order valence-electron chi connectivity index (χ3n) is 4.07. The fraction of sp³-hybridized carbons (Fsp3) is 0.0909. The minimum atomic E-state index is -0.0714. The number of terminal acetylenes is 1. The maximum absolute atomic E-state index is 13.2. The Bertz CT molecular complexity index is 926. The molecule has 1 aromatic heterocycles. The number of para-hydroxylation sites is 1. The van der Waals surface area contributed by atoms with Crippen LogP contribution in [0.3, 0.4) is 0 Å². The van der Waals surface area contributed by atoms with Crippen LogP contribution in [0, 0.1) is 19.3 Å². The summed E-state index contributed by atoms with van der Waals surface area (Å²) in [4.78, 5) is 19.0. The largest absolute Gasteiger partial charge is 0.304 e. The molecule has 1 heterocycles. The first-order valence-electron chi connectivity index (χ1n) is 8.02. The number of carbonyl (C=O) groups excluding carboxylic acids is 1. The van der Waals surface area contributed by atoms with Gasteiger partial charge in [0.05, 0.1) is 6.54 Å². The quantitative estimate of drug-likeness (QED) is 0.673. The van der Waals surface area contributed by atoms with E-state index >= 15 is 0 Å². The third kappa shape index (κ3) is 3.59. The smallest absolute Gasteiger partial charge is 0.258 e. The van der Waals surface area contributed by atoms with Gasteiger partial charge in [-0.05, 0) is 42.3 Å². The summed E-state index contributed by atoms with van der Waals surface area (Å²) in [6, 6.07) is 19.0. The van der Waals surface area contributed by atoms with Crippen LogP contribution in [0.1, 0.15) is 27.0 Å². The summed E-state index contributed by atoms with van der Waals surface area (Å²) in [7, 11) is 0. The first-order chi connectivity index (χ1) is 12.2. The summed E-state index contributed by atoms with van der Waals surface area (Å²) in [5, 5.41) is 0. The number of hydrogen-bond acceptors (Lipinski definition) is 2. The van der Waals surface area contributed by atoms with Gasteiger partial charge in [0.2, 0.25) is 0 Å². The molecule has 2 aromatic carbocycles. The number of pyridine rings is 1. The predicted octanol–water partition coefficient (Wildman–Crippen LogP) is 4.22. The topological polar surface area (TPSA) is 33.2 Å². The Balaban J connectivity index is 2.04. The highest BCUT2D eigenvalue weighted by Gasteiger charge is 2.20. The van der Waals surface area contributed by atoms with E-state index < -0.39 is 0 Å². The Morgan fingerprint density at radius 1 is 1.08 bits per heavy atom. The van der Waals surface area contributed by atoms with Crippen LogP contribution < -0.4 is 4.90 Å². The standard InChI is InChI=1S/C22H18N2O/c1-3-18-9-7-8-10-19(18)16-24(20-11-5-4-6-12-20)22(25)21-13-14-23-15-17(21)2/h1,4-15H,16H2,2H3. The lowest BCUT2D eigenvalue weighted by Gasteiger charge is -2.24. The maximum atomic E-state index is 13.2. The molecule has 0 N–H and O–H groups in total. The molecular formula is C22H18N2O. The van der Waals surface area contributed by atoms with Crippen molar-refractivity contribution in [1.29, 1.82) is 0 Å². The number of aromatic nitrogens is 1. The highest BCUT2D eigenvalue weighted by molar-refractivity contribution is 6.06. The maximum Gasteiger partial charge on any atom is 0.258 e. The van der Waals surface area contributed by atoms with Gasteiger partial charge in [0, 0.05) is 29.2 Å². The second-order valence-corrected chi connectivity index (χ2v) is 5.72. The van der Waals surface area contributed by atoms with Crippen molar-refractivity contribution in [2.45, 2.75) is 13.5 Å². The second kappa shape index (κ2) is 7.46. The molecular weight excluding hydrogens is 308 g/mol. The molecule has 3 rings (SSSR count). The second-order valence-electron chi connectivity index (χ2n) is 5.72.